The van der Waals surface area contributed by atoms with Gasteiger partial charge in [0.25, 0.3) is 0 Å². The van der Waals surface area contributed by atoms with Crippen molar-refractivity contribution >= 4 is 11.7 Å². The highest BCUT2D eigenvalue weighted by molar-refractivity contribution is 5.92. The normalized spacial score (nSPS) is 14.9. The molecule has 1 aliphatic heterocycles. The Balaban J connectivity index is 2.22. The summed E-state index contributed by atoms with van der Waals surface area (Å²) in [6.07, 6.45) is 0.996. The number of fused-ring (bicyclic) bond motifs is 1. The minimum Gasteiger partial charge on any atom is -0.320 e. The maximum Gasteiger partial charge on any atom is 0.322 e. The van der Waals surface area contributed by atoms with Crippen LogP contribution in [0.5, 0.6) is 0 Å². The number of benzene rings is 1. The number of nitrogens with zero attached hydrogens (tertiary/aromatic N) is 1. The summed E-state index contributed by atoms with van der Waals surface area (Å²) in [6.45, 7) is 3.63. The lowest BCUT2D eigenvalue weighted by Gasteiger charge is -2.28. The number of anilines is 1. The molecule has 14 heavy (non-hydrogen) atoms. The van der Waals surface area contributed by atoms with E-state index in [9.17, 15) is 4.79 Å². The molecule has 0 spiro atoms. The maximum atomic E-state index is 11.6. The van der Waals surface area contributed by atoms with E-state index in [0.717, 1.165) is 25.2 Å². The summed E-state index contributed by atoms with van der Waals surface area (Å²) in [5, 5.41) is 2.88. The van der Waals surface area contributed by atoms with E-state index in [1.165, 1.54) is 5.56 Å². The molecule has 74 valence electrons. The molecule has 3 nitrogen and oxygen atoms in total. The van der Waals surface area contributed by atoms with Gasteiger partial charge in [-0.1, -0.05) is 25.1 Å². The molecule has 1 heterocycles. The molecule has 0 aromatic heterocycles. The Morgan fingerprint density at radius 1 is 1.43 bits per heavy atom. The van der Waals surface area contributed by atoms with E-state index >= 15 is 0 Å². The fourth-order valence-corrected chi connectivity index (χ4v) is 1.70. The van der Waals surface area contributed by atoms with Gasteiger partial charge in [0.1, 0.15) is 0 Å². The van der Waals surface area contributed by atoms with Crippen molar-refractivity contribution in [3.63, 3.8) is 0 Å². The Labute approximate surface area is 83.7 Å². The summed E-state index contributed by atoms with van der Waals surface area (Å²) in [4.78, 5) is 13.4. The second kappa shape index (κ2) is 3.70. The van der Waals surface area contributed by atoms with Gasteiger partial charge in [0.2, 0.25) is 0 Å². The van der Waals surface area contributed by atoms with Crippen molar-refractivity contribution in [1.29, 1.82) is 0 Å². The van der Waals surface area contributed by atoms with Crippen molar-refractivity contribution in [3.05, 3.63) is 29.8 Å². The van der Waals surface area contributed by atoms with E-state index in [1.54, 1.807) is 0 Å². The van der Waals surface area contributed by atoms with E-state index in [4.69, 9.17) is 0 Å². The van der Waals surface area contributed by atoms with Gasteiger partial charge < -0.3 is 10.2 Å². The predicted octanol–water partition coefficient (Wildman–Crippen LogP) is 2.44. The van der Waals surface area contributed by atoms with Crippen LogP contribution < -0.4 is 5.32 Å². The minimum absolute atomic E-state index is 0.0190. The molecule has 2 rings (SSSR count). The third kappa shape index (κ3) is 1.58. The van der Waals surface area contributed by atoms with Gasteiger partial charge in [-0.3, -0.25) is 0 Å². The van der Waals surface area contributed by atoms with Crippen LogP contribution in [0.1, 0.15) is 18.9 Å². The monoisotopic (exact) mass is 190 g/mol. The molecule has 0 saturated heterocycles. The van der Waals surface area contributed by atoms with Crippen molar-refractivity contribution < 1.29 is 4.79 Å². The van der Waals surface area contributed by atoms with Crippen molar-refractivity contribution in [2.45, 2.75) is 19.9 Å². The standard InChI is InChI=1S/C11H14N2O/c1-2-7-13-8-9-5-3-4-6-10(9)12-11(13)14/h3-6H,2,7-8H2,1H3,(H,12,14). The van der Waals surface area contributed by atoms with Gasteiger partial charge in [0.15, 0.2) is 0 Å². The number of hydrogen-bond acceptors (Lipinski definition) is 1. The Bertz CT molecular complexity index is 349. The van der Waals surface area contributed by atoms with E-state index in [2.05, 4.69) is 18.3 Å². The van der Waals surface area contributed by atoms with Crippen molar-refractivity contribution in [2.24, 2.45) is 0 Å². The van der Waals surface area contributed by atoms with Crippen molar-refractivity contribution in [2.75, 3.05) is 11.9 Å². The number of carbonyl (C=O) groups excluding carboxylic acids is 1. The Hall–Kier alpha value is -1.51. The number of rotatable bonds is 2. The molecule has 0 unspecified atom stereocenters. The van der Waals surface area contributed by atoms with E-state index in [-0.39, 0.29) is 6.03 Å². The lowest BCUT2D eigenvalue weighted by Crippen LogP contribution is -2.38. The van der Waals surface area contributed by atoms with Crippen molar-refractivity contribution in [3.8, 4) is 0 Å². The molecule has 0 fully saturated rings. The number of urea groups is 1. The molecule has 3 heteroatoms. The lowest BCUT2D eigenvalue weighted by atomic mass is 10.1. The van der Waals surface area contributed by atoms with Crippen LogP contribution in [0.2, 0.25) is 0 Å². The van der Waals surface area contributed by atoms with Gasteiger partial charge in [0, 0.05) is 18.8 Å². The summed E-state index contributed by atoms with van der Waals surface area (Å²) in [5.41, 5.74) is 2.14. The van der Waals surface area contributed by atoms with Crippen LogP contribution in [-0.4, -0.2) is 17.5 Å². The first-order chi connectivity index (χ1) is 6.81. The van der Waals surface area contributed by atoms with Crippen LogP contribution in [0.3, 0.4) is 0 Å². The highest BCUT2D eigenvalue weighted by Crippen LogP contribution is 2.22. The largest absolute Gasteiger partial charge is 0.322 e. The van der Waals surface area contributed by atoms with Gasteiger partial charge in [-0.25, -0.2) is 4.79 Å². The summed E-state index contributed by atoms with van der Waals surface area (Å²) in [5.74, 6) is 0. The van der Waals surface area contributed by atoms with Crippen molar-refractivity contribution in [1.82, 2.24) is 4.90 Å². The van der Waals surface area contributed by atoms with Gasteiger partial charge in [-0.15, -0.1) is 0 Å². The summed E-state index contributed by atoms with van der Waals surface area (Å²) in [7, 11) is 0. The third-order valence-electron chi connectivity index (χ3n) is 2.40. The second-order valence-electron chi connectivity index (χ2n) is 3.51. The number of hydrogen-bond donors (Lipinski definition) is 1. The fourth-order valence-electron chi connectivity index (χ4n) is 1.70. The molecule has 1 aliphatic rings. The highest BCUT2D eigenvalue weighted by atomic mass is 16.2. The number of para-hydroxylation sites is 1. The Kier molecular flexibility index (Phi) is 2.39. The summed E-state index contributed by atoms with van der Waals surface area (Å²) >= 11 is 0. The molecule has 2 amide bonds. The van der Waals surface area contributed by atoms with Gasteiger partial charge in [-0.2, -0.15) is 0 Å². The van der Waals surface area contributed by atoms with E-state index < -0.39 is 0 Å². The molecule has 0 bridgehead atoms. The molecular formula is C11H14N2O. The smallest absolute Gasteiger partial charge is 0.320 e. The molecule has 1 N–H and O–H groups in total. The Morgan fingerprint density at radius 2 is 2.21 bits per heavy atom. The summed E-state index contributed by atoms with van der Waals surface area (Å²) in [6, 6.07) is 7.95. The van der Waals surface area contributed by atoms with E-state index in [0.29, 0.717) is 0 Å². The number of amides is 2. The fraction of sp³-hybridized carbons (Fsp3) is 0.364. The average molecular weight is 190 g/mol. The molecule has 0 radical (unpaired) electrons. The number of carbonyl (C=O) groups is 1. The van der Waals surface area contributed by atoms with Crippen LogP contribution >= 0.6 is 0 Å². The zero-order valence-corrected chi connectivity index (χ0v) is 8.29. The van der Waals surface area contributed by atoms with Crippen LogP contribution in [0.25, 0.3) is 0 Å². The lowest BCUT2D eigenvalue weighted by molar-refractivity contribution is 0.206. The zero-order valence-electron chi connectivity index (χ0n) is 8.29. The zero-order chi connectivity index (χ0) is 9.97. The van der Waals surface area contributed by atoms with Crippen LogP contribution in [0.4, 0.5) is 10.5 Å². The van der Waals surface area contributed by atoms with Gasteiger partial charge >= 0.3 is 6.03 Å². The van der Waals surface area contributed by atoms with Crippen LogP contribution in [-0.2, 0) is 6.54 Å². The highest BCUT2D eigenvalue weighted by Gasteiger charge is 2.20. The SMILES string of the molecule is CCCN1Cc2ccccc2NC1=O. The first-order valence-corrected chi connectivity index (χ1v) is 4.95. The molecule has 1 aromatic rings. The topological polar surface area (TPSA) is 32.3 Å². The van der Waals surface area contributed by atoms with Crippen LogP contribution in [0, 0.1) is 0 Å². The second-order valence-corrected chi connectivity index (χ2v) is 3.51. The summed E-state index contributed by atoms with van der Waals surface area (Å²) < 4.78 is 0. The van der Waals surface area contributed by atoms with Gasteiger partial charge in [0.05, 0.1) is 0 Å². The Morgan fingerprint density at radius 3 is 3.00 bits per heavy atom. The minimum atomic E-state index is 0.0190. The first-order valence-electron chi connectivity index (χ1n) is 4.95. The quantitative estimate of drug-likeness (QED) is 0.763. The molecule has 0 aliphatic carbocycles. The maximum absolute atomic E-state index is 11.6. The molecule has 0 saturated carbocycles. The van der Waals surface area contributed by atoms with E-state index in [1.807, 2.05) is 23.1 Å². The van der Waals surface area contributed by atoms with Crippen LogP contribution in [0.15, 0.2) is 24.3 Å². The third-order valence-corrected chi connectivity index (χ3v) is 2.40. The molecule has 0 atom stereocenters. The average Bonchev–Trinajstić information content (AvgIpc) is 2.19. The molecule has 1 aromatic carbocycles. The first kappa shape index (κ1) is 9.06. The van der Waals surface area contributed by atoms with Gasteiger partial charge in [-0.05, 0) is 18.1 Å². The molecular weight excluding hydrogens is 176 g/mol. The number of nitrogens with one attached hydrogen (secondary N) is 1. The predicted molar refractivity (Wildman–Crippen MR) is 56.2 cm³/mol.